The van der Waals surface area contributed by atoms with Crippen LogP contribution in [0.1, 0.15) is 24.3 Å². The molecule has 1 saturated heterocycles. The van der Waals surface area contributed by atoms with Gasteiger partial charge in [-0.05, 0) is 43.8 Å². The lowest BCUT2D eigenvalue weighted by atomic mass is 9.90. The number of benzene rings is 1. The van der Waals surface area contributed by atoms with Gasteiger partial charge in [-0.2, -0.15) is 0 Å². The molecular weight excluding hydrogens is 238 g/mol. The van der Waals surface area contributed by atoms with Gasteiger partial charge in [0.2, 0.25) is 12.3 Å². The second-order valence-electron chi connectivity index (χ2n) is 5.24. The van der Waals surface area contributed by atoms with E-state index in [4.69, 9.17) is 4.42 Å². The maximum absolute atomic E-state index is 5.19. The van der Waals surface area contributed by atoms with Crippen LogP contribution in [0.15, 0.2) is 41.1 Å². The molecule has 0 aliphatic carbocycles. The minimum absolute atomic E-state index is 0.724. The molecule has 0 spiro atoms. The van der Waals surface area contributed by atoms with E-state index < -0.39 is 0 Å². The topological polar surface area (TPSA) is 42.2 Å². The van der Waals surface area contributed by atoms with Gasteiger partial charge in [-0.25, -0.2) is 0 Å². The highest BCUT2D eigenvalue weighted by molar-refractivity contribution is 5.15. The molecule has 1 aliphatic heterocycles. The van der Waals surface area contributed by atoms with Crippen molar-refractivity contribution in [2.24, 2.45) is 5.92 Å². The molecular formula is C15H19N3O. The Kier molecular flexibility index (Phi) is 3.89. The predicted molar refractivity (Wildman–Crippen MR) is 72.4 cm³/mol. The molecule has 1 fully saturated rings. The Hall–Kier alpha value is -1.68. The standard InChI is InChI=1S/C15H19N3O/c1-2-4-13(5-3-1)10-14-6-8-18(9-7-14)11-15-17-16-12-19-15/h1-5,12,14H,6-11H2. The van der Waals surface area contributed by atoms with Crippen LogP contribution in [-0.4, -0.2) is 28.2 Å². The number of nitrogens with zero attached hydrogens (tertiary/aromatic N) is 3. The quantitative estimate of drug-likeness (QED) is 0.844. The van der Waals surface area contributed by atoms with Crippen LogP contribution in [0.4, 0.5) is 0 Å². The zero-order chi connectivity index (χ0) is 12.9. The maximum Gasteiger partial charge on any atom is 0.230 e. The van der Waals surface area contributed by atoms with Crippen molar-refractivity contribution in [3.63, 3.8) is 0 Å². The third-order valence-electron chi connectivity index (χ3n) is 3.84. The molecule has 100 valence electrons. The van der Waals surface area contributed by atoms with Gasteiger partial charge < -0.3 is 4.42 Å². The lowest BCUT2D eigenvalue weighted by Gasteiger charge is -2.31. The van der Waals surface area contributed by atoms with E-state index in [9.17, 15) is 0 Å². The molecule has 3 rings (SSSR count). The summed E-state index contributed by atoms with van der Waals surface area (Å²) in [6.45, 7) is 3.04. The second-order valence-corrected chi connectivity index (χ2v) is 5.24. The molecule has 4 heteroatoms. The Balaban J connectivity index is 1.47. The van der Waals surface area contributed by atoms with E-state index in [1.54, 1.807) is 0 Å². The van der Waals surface area contributed by atoms with Gasteiger partial charge in [0.25, 0.3) is 0 Å². The van der Waals surface area contributed by atoms with Crippen LogP contribution in [0.3, 0.4) is 0 Å². The van der Waals surface area contributed by atoms with Gasteiger partial charge >= 0.3 is 0 Å². The smallest absolute Gasteiger partial charge is 0.230 e. The molecule has 2 aromatic rings. The third kappa shape index (κ3) is 3.41. The lowest BCUT2D eigenvalue weighted by molar-refractivity contribution is 0.163. The number of aromatic nitrogens is 2. The van der Waals surface area contributed by atoms with Crippen molar-refractivity contribution >= 4 is 0 Å². The monoisotopic (exact) mass is 257 g/mol. The van der Waals surface area contributed by atoms with Crippen LogP contribution < -0.4 is 0 Å². The second kappa shape index (κ2) is 5.97. The molecule has 1 aromatic heterocycles. The Labute approximate surface area is 113 Å². The first-order valence-corrected chi connectivity index (χ1v) is 6.91. The summed E-state index contributed by atoms with van der Waals surface area (Å²) < 4.78 is 5.19. The zero-order valence-corrected chi connectivity index (χ0v) is 11.0. The number of likely N-dealkylation sites (tertiary alicyclic amines) is 1. The average Bonchev–Trinajstić information content (AvgIpc) is 2.95. The lowest BCUT2D eigenvalue weighted by Crippen LogP contribution is -2.33. The van der Waals surface area contributed by atoms with E-state index in [-0.39, 0.29) is 0 Å². The molecule has 4 nitrogen and oxygen atoms in total. The van der Waals surface area contributed by atoms with Crippen LogP contribution in [0.2, 0.25) is 0 Å². The number of rotatable bonds is 4. The molecule has 0 N–H and O–H groups in total. The number of piperidine rings is 1. The first-order valence-electron chi connectivity index (χ1n) is 6.91. The summed E-state index contributed by atoms with van der Waals surface area (Å²) in [6, 6.07) is 10.8. The first-order chi connectivity index (χ1) is 9.40. The third-order valence-corrected chi connectivity index (χ3v) is 3.84. The highest BCUT2D eigenvalue weighted by atomic mass is 16.4. The summed E-state index contributed by atoms with van der Waals surface area (Å²) in [7, 11) is 0. The Morgan fingerprint density at radius 1 is 1.16 bits per heavy atom. The summed E-state index contributed by atoms with van der Waals surface area (Å²) in [5.41, 5.74) is 1.46. The van der Waals surface area contributed by atoms with Crippen molar-refractivity contribution in [1.29, 1.82) is 0 Å². The van der Waals surface area contributed by atoms with Gasteiger partial charge in [0, 0.05) is 0 Å². The van der Waals surface area contributed by atoms with E-state index >= 15 is 0 Å². The molecule has 0 bridgehead atoms. The molecule has 1 aromatic carbocycles. The van der Waals surface area contributed by atoms with Crippen molar-refractivity contribution in [3.05, 3.63) is 48.2 Å². The minimum atomic E-state index is 0.724. The van der Waals surface area contributed by atoms with Crippen molar-refractivity contribution in [2.75, 3.05) is 13.1 Å². The van der Waals surface area contributed by atoms with E-state index in [1.165, 1.54) is 31.2 Å². The molecule has 0 atom stereocenters. The normalized spacial score (nSPS) is 17.7. The summed E-state index contributed by atoms with van der Waals surface area (Å²) in [4.78, 5) is 2.40. The van der Waals surface area contributed by atoms with Crippen LogP contribution >= 0.6 is 0 Å². The van der Waals surface area contributed by atoms with Gasteiger partial charge in [-0.3, -0.25) is 4.90 Å². The number of hydrogen-bond donors (Lipinski definition) is 0. The van der Waals surface area contributed by atoms with Crippen molar-refractivity contribution in [3.8, 4) is 0 Å². The number of hydrogen-bond acceptors (Lipinski definition) is 4. The van der Waals surface area contributed by atoms with E-state index in [0.29, 0.717) is 0 Å². The molecule has 0 saturated carbocycles. The van der Waals surface area contributed by atoms with Crippen molar-refractivity contribution in [2.45, 2.75) is 25.8 Å². The Bertz CT molecular complexity index is 475. The van der Waals surface area contributed by atoms with E-state index in [0.717, 1.165) is 31.4 Å². The molecule has 19 heavy (non-hydrogen) atoms. The van der Waals surface area contributed by atoms with Crippen molar-refractivity contribution in [1.82, 2.24) is 15.1 Å². The minimum Gasteiger partial charge on any atom is -0.427 e. The molecule has 0 radical (unpaired) electrons. The van der Waals surface area contributed by atoms with E-state index in [1.807, 2.05) is 0 Å². The molecule has 1 aliphatic rings. The Morgan fingerprint density at radius 2 is 1.95 bits per heavy atom. The average molecular weight is 257 g/mol. The SMILES string of the molecule is c1ccc(CC2CCN(Cc3nnco3)CC2)cc1. The zero-order valence-electron chi connectivity index (χ0n) is 11.0. The maximum atomic E-state index is 5.19. The van der Waals surface area contributed by atoms with Gasteiger partial charge in [-0.1, -0.05) is 30.3 Å². The fourth-order valence-electron chi connectivity index (χ4n) is 2.75. The molecule has 2 heterocycles. The molecule has 0 unspecified atom stereocenters. The summed E-state index contributed by atoms with van der Waals surface area (Å²) in [5, 5.41) is 7.65. The largest absolute Gasteiger partial charge is 0.427 e. The van der Waals surface area contributed by atoms with Gasteiger partial charge in [0.15, 0.2) is 0 Å². The summed E-state index contributed by atoms with van der Waals surface area (Å²) in [6.07, 6.45) is 5.11. The molecule has 0 amide bonds. The van der Waals surface area contributed by atoms with Crippen molar-refractivity contribution < 1.29 is 4.42 Å². The summed E-state index contributed by atoms with van der Waals surface area (Å²) >= 11 is 0. The predicted octanol–water partition coefficient (Wildman–Crippen LogP) is 2.52. The van der Waals surface area contributed by atoms with Crippen LogP contribution in [0, 0.1) is 5.92 Å². The van der Waals surface area contributed by atoms with Crippen LogP contribution in [-0.2, 0) is 13.0 Å². The Morgan fingerprint density at radius 3 is 2.63 bits per heavy atom. The summed E-state index contributed by atoms with van der Waals surface area (Å²) in [5.74, 6) is 1.53. The van der Waals surface area contributed by atoms with E-state index in [2.05, 4.69) is 45.4 Å². The van der Waals surface area contributed by atoms with Gasteiger partial charge in [0.1, 0.15) is 0 Å². The highest BCUT2D eigenvalue weighted by Crippen LogP contribution is 2.22. The highest BCUT2D eigenvalue weighted by Gasteiger charge is 2.20. The fourth-order valence-corrected chi connectivity index (χ4v) is 2.75. The fraction of sp³-hybridized carbons (Fsp3) is 0.467. The van der Waals surface area contributed by atoms with Crippen LogP contribution in [0.5, 0.6) is 0 Å². The van der Waals surface area contributed by atoms with Crippen LogP contribution in [0.25, 0.3) is 0 Å². The van der Waals surface area contributed by atoms with Gasteiger partial charge in [0.05, 0.1) is 6.54 Å². The first kappa shape index (κ1) is 12.4. The van der Waals surface area contributed by atoms with Gasteiger partial charge in [-0.15, -0.1) is 10.2 Å².